The van der Waals surface area contributed by atoms with Gasteiger partial charge in [0.25, 0.3) is 0 Å². The van der Waals surface area contributed by atoms with Gasteiger partial charge < -0.3 is 9.47 Å². The van der Waals surface area contributed by atoms with Gasteiger partial charge in [-0.05, 0) is 25.3 Å². The average Bonchev–Trinajstić information content (AvgIpc) is 2.82. The summed E-state index contributed by atoms with van der Waals surface area (Å²) >= 11 is 0. The molecule has 0 bridgehead atoms. The summed E-state index contributed by atoms with van der Waals surface area (Å²) in [6.07, 6.45) is 10.1. The molecule has 0 saturated carbocycles. The van der Waals surface area contributed by atoms with E-state index in [1.54, 1.807) is 0 Å². The molecule has 4 heteroatoms. The molecule has 2 heterocycles. The highest BCUT2D eigenvalue weighted by Gasteiger charge is 2.22. The van der Waals surface area contributed by atoms with Gasteiger partial charge in [-0.3, -0.25) is 4.68 Å². The van der Waals surface area contributed by atoms with E-state index in [4.69, 9.17) is 9.47 Å². The van der Waals surface area contributed by atoms with Gasteiger partial charge >= 0.3 is 0 Å². The molecular formula is C15H26N2O2. The van der Waals surface area contributed by atoms with Crippen molar-refractivity contribution in [1.82, 2.24) is 9.78 Å². The first kappa shape index (κ1) is 14.5. The molecule has 1 aliphatic rings. The minimum Gasteiger partial charge on any atom is -0.352 e. The standard InChI is InChI=1S/C15H26N2O2/c1-3-4-5-6-7-15-18-11-14(12-19-15)10-17-9-13(2)8-16-17/h8-9,14-15H,3-7,10-12H2,1-2H3. The van der Waals surface area contributed by atoms with Crippen LogP contribution < -0.4 is 0 Å². The molecule has 0 atom stereocenters. The fraction of sp³-hybridized carbons (Fsp3) is 0.800. The Hall–Kier alpha value is -0.870. The predicted molar refractivity (Wildman–Crippen MR) is 74.9 cm³/mol. The number of nitrogens with zero attached hydrogens (tertiary/aromatic N) is 2. The third-order valence-electron chi connectivity index (χ3n) is 3.54. The van der Waals surface area contributed by atoms with Crippen molar-refractivity contribution in [2.75, 3.05) is 13.2 Å². The third kappa shape index (κ3) is 4.96. The molecule has 2 rings (SSSR count). The van der Waals surface area contributed by atoms with E-state index in [1.165, 1.54) is 31.2 Å². The number of unbranched alkanes of at least 4 members (excludes halogenated alkanes) is 3. The Kier molecular flexibility index (Phi) is 5.86. The summed E-state index contributed by atoms with van der Waals surface area (Å²) in [7, 11) is 0. The Morgan fingerprint density at radius 2 is 2.05 bits per heavy atom. The molecule has 0 spiro atoms. The lowest BCUT2D eigenvalue weighted by molar-refractivity contribution is -0.205. The highest BCUT2D eigenvalue weighted by molar-refractivity contribution is 4.99. The summed E-state index contributed by atoms with van der Waals surface area (Å²) in [4.78, 5) is 0. The van der Waals surface area contributed by atoms with Gasteiger partial charge in [-0.1, -0.05) is 26.2 Å². The molecule has 4 nitrogen and oxygen atoms in total. The lowest BCUT2D eigenvalue weighted by atomic mass is 10.1. The maximum absolute atomic E-state index is 5.79. The molecule has 19 heavy (non-hydrogen) atoms. The van der Waals surface area contributed by atoms with Crippen molar-refractivity contribution < 1.29 is 9.47 Å². The Labute approximate surface area is 116 Å². The maximum atomic E-state index is 5.79. The molecule has 1 fully saturated rings. The highest BCUT2D eigenvalue weighted by atomic mass is 16.7. The van der Waals surface area contributed by atoms with Crippen molar-refractivity contribution in [2.24, 2.45) is 5.92 Å². The van der Waals surface area contributed by atoms with E-state index in [2.05, 4.69) is 25.1 Å². The molecule has 0 unspecified atom stereocenters. The van der Waals surface area contributed by atoms with E-state index in [9.17, 15) is 0 Å². The lowest BCUT2D eigenvalue weighted by Crippen LogP contribution is -2.34. The van der Waals surface area contributed by atoms with Gasteiger partial charge in [-0.2, -0.15) is 5.10 Å². The van der Waals surface area contributed by atoms with Gasteiger partial charge in [0.05, 0.1) is 19.4 Å². The molecule has 108 valence electrons. The summed E-state index contributed by atoms with van der Waals surface area (Å²) in [6, 6.07) is 0. The van der Waals surface area contributed by atoms with Crippen molar-refractivity contribution >= 4 is 0 Å². The van der Waals surface area contributed by atoms with Gasteiger partial charge in [0.15, 0.2) is 6.29 Å². The zero-order valence-corrected chi connectivity index (χ0v) is 12.2. The second-order valence-corrected chi connectivity index (χ2v) is 5.55. The Balaban J connectivity index is 1.62. The molecule has 0 radical (unpaired) electrons. The minimum atomic E-state index is 0.0208. The normalized spacial score (nSPS) is 23.7. The lowest BCUT2D eigenvalue weighted by Gasteiger charge is -2.29. The fourth-order valence-electron chi connectivity index (χ4n) is 2.42. The number of rotatable bonds is 7. The van der Waals surface area contributed by atoms with Crippen LogP contribution in [0, 0.1) is 12.8 Å². The number of ether oxygens (including phenoxy) is 2. The number of hydrogen-bond acceptors (Lipinski definition) is 3. The number of hydrogen-bond donors (Lipinski definition) is 0. The summed E-state index contributed by atoms with van der Waals surface area (Å²) in [5.74, 6) is 0.422. The van der Waals surface area contributed by atoms with Gasteiger partial charge in [0.2, 0.25) is 0 Å². The minimum absolute atomic E-state index is 0.0208. The van der Waals surface area contributed by atoms with Crippen molar-refractivity contribution in [2.45, 2.75) is 58.8 Å². The van der Waals surface area contributed by atoms with E-state index < -0.39 is 0 Å². The van der Waals surface area contributed by atoms with Crippen LogP contribution >= 0.6 is 0 Å². The largest absolute Gasteiger partial charge is 0.352 e. The van der Waals surface area contributed by atoms with Crippen LogP contribution in [0.5, 0.6) is 0 Å². The third-order valence-corrected chi connectivity index (χ3v) is 3.54. The zero-order chi connectivity index (χ0) is 13.5. The molecule has 1 saturated heterocycles. The van der Waals surface area contributed by atoms with Crippen LogP contribution in [-0.4, -0.2) is 29.3 Å². The van der Waals surface area contributed by atoms with Crippen LogP contribution in [0.3, 0.4) is 0 Å². The topological polar surface area (TPSA) is 36.3 Å². The van der Waals surface area contributed by atoms with E-state index in [-0.39, 0.29) is 6.29 Å². The number of aromatic nitrogens is 2. The zero-order valence-electron chi connectivity index (χ0n) is 12.2. The first-order valence-electron chi connectivity index (χ1n) is 7.50. The second kappa shape index (κ2) is 7.65. The molecular weight excluding hydrogens is 240 g/mol. The molecule has 1 aromatic heterocycles. The molecule has 1 aliphatic heterocycles. The maximum Gasteiger partial charge on any atom is 0.157 e. The number of aryl methyl sites for hydroxylation is 1. The van der Waals surface area contributed by atoms with E-state index in [1.807, 2.05) is 10.9 Å². The summed E-state index contributed by atoms with van der Waals surface area (Å²) < 4.78 is 13.6. The molecule has 1 aromatic rings. The van der Waals surface area contributed by atoms with Crippen LogP contribution in [0.1, 0.15) is 44.6 Å². The highest BCUT2D eigenvalue weighted by Crippen LogP contribution is 2.18. The quantitative estimate of drug-likeness (QED) is 0.711. The van der Waals surface area contributed by atoms with Crippen LogP contribution in [0.2, 0.25) is 0 Å². The molecule has 0 aromatic carbocycles. The average molecular weight is 266 g/mol. The second-order valence-electron chi connectivity index (χ2n) is 5.55. The first-order chi connectivity index (χ1) is 9.28. The fourth-order valence-corrected chi connectivity index (χ4v) is 2.42. The van der Waals surface area contributed by atoms with Gasteiger partial charge in [-0.15, -0.1) is 0 Å². The van der Waals surface area contributed by atoms with E-state index >= 15 is 0 Å². The Morgan fingerprint density at radius 1 is 1.26 bits per heavy atom. The summed E-state index contributed by atoms with van der Waals surface area (Å²) in [5, 5.41) is 4.30. The van der Waals surface area contributed by atoms with Crippen LogP contribution in [-0.2, 0) is 16.0 Å². The summed E-state index contributed by atoms with van der Waals surface area (Å²) in [5.41, 5.74) is 1.20. The summed E-state index contributed by atoms with van der Waals surface area (Å²) in [6.45, 7) is 6.75. The smallest absolute Gasteiger partial charge is 0.157 e. The Bertz CT molecular complexity index is 357. The monoisotopic (exact) mass is 266 g/mol. The molecule has 0 aliphatic carbocycles. The van der Waals surface area contributed by atoms with Crippen molar-refractivity contribution in [3.63, 3.8) is 0 Å². The van der Waals surface area contributed by atoms with Gasteiger partial charge in [-0.25, -0.2) is 0 Å². The van der Waals surface area contributed by atoms with Crippen LogP contribution in [0.25, 0.3) is 0 Å². The van der Waals surface area contributed by atoms with Crippen molar-refractivity contribution in [3.05, 3.63) is 18.0 Å². The first-order valence-corrected chi connectivity index (χ1v) is 7.50. The predicted octanol–water partition coefficient (Wildman–Crippen LogP) is 3.15. The van der Waals surface area contributed by atoms with E-state index in [0.717, 1.165) is 26.2 Å². The van der Waals surface area contributed by atoms with Crippen LogP contribution in [0.15, 0.2) is 12.4 Å². The van der Waals surface area contributed by atoms with Gasteiger partial charge in [0, 0.05) is 18.7 Å². The van der Waals surface area contributed by atoms with Crippen LogP contribution in [0.4, 0.5) is 0 Å². The molecule has 0 N–H and O–H groups in total. The van der Waals surface area contributed by atoms with E-state index in [0.29, 0.717) is 5.92 Å². The molecule has 0 amide bonds. The van der Waals surface area contributed by atoms with Crippen molar-refractivity contribution in [1.29, 1.82) is 0 Å². The van der Waals surface area contributed by atoms with Crippen molar-refractivity contribution in [3.8, 4) is 0 Å². The van der Waals surface area contributed by atoms with Gasteiger partial charge in [0.1, 0.15) is 0 Å². The SMILES string of the molecule is CCCCCCC1OCC(Cn2cc(C)cn2)CO1. The Morgan fingerprint density at radius 3 is 2.68 bits per heavy atom.